The Kier molecular flexibility index (Phi) is 5.75. The second-order valence-electron chi connectivity index (χ2n) is 5.84. The fraction of sp³-hybridized carbons (Fsp3) is 0.0952. The van der Waals surface area contributed by atoms with Gasteiger partial charge in [-0.2, -0.15) is 5.26 Å². The number of rotatable bonds is 6. The van der Waals surface area contributed by atoms with Crippen LogP contribution in [0.3, 0.4) is 0 Å². The van der Waals surface area contributed by atoms with E-state index in [2.05, 4.69) is 21.7 Å². The van der Waals surface area contributed by atoms with Gasteiger partial charge in [-0.15, -0.1) is 0 Å². The molecule has 0 aliphatic heterocycles. The zero-order chi connectivity index (χ0) is 19.1. The zero-order valence-electron chi connectivity index (χ0n) is 14.4. The molecule has 1 aromatic heterocycles. The lowest BCUT2D eigenvalue weighted by atomic mass is 10.1. The third-order valence-corrected chi connectivity index (χ3v) is 3.92. The molecular formula is C21H17FN4O. The van der Waals surface area contributed by atoms with Gasteiger partial charge in [0.05, 0.1) is 11.6 Å². The summed E-state index contributed by atoms with van der Waals surface area (Å²) in [5.74, 6) is -0.0452. The van der Waals surface area contributed by atoms with Gasteiger partial charge >= 0.3 is 0 Å². The molecule has 2 N–H and O–H groups in total. The van der Waals surface area contributed by atoms with E-state index in [1.807, 2.05) is 6.07 Å². The van der Waals surface area contributed by atoms with E-state index in [1.54, 1.807) is 48.5 Å². The summed E-state index contributed by atoms with van der Waals surface area (Å²) in [5.41, 5.74) is 2.24. The van der Waals surface area contributed by atoms with Crippen LogP contribution in [0.2, 0.25) is 0 Å². The summed E-state index contributed by atoms with van der Waals surface area (Å²) < 4.78 is 13.6. The fourth-order valence-corrected chi connectivity index (χ4v) is 2.57. The highest BCUT2D eigenvalue weighted by Gasteiger charge is 2.08. The van der Waals surface area contributed by atoms with Crippen LogP contribution in [0.5, 0.6) is 0 Å². The maximum Gasteiger partial charge on any atom is 0.251 e. The maximum atomic E-state index is 13.6. The average molecular weight is 360 g/mol. The number of carbonyl (C=O) groups excluding carboxylic acids is 1. The number of pyridine rings is 1. The number of halogens is 1. The molecule has 1 amide bonds. The largest absolute Gasteiger partial charge is 0.352 e. The van der Waals surface area contributed by atoms with Gasteiger partial charge in [0.25, 0.3) is 5.91 Å². The summed E-state index contributed by atoms with van der Waals surface area (Å²) >= 11 is 0. The number of aromatic nitrogens is 1. The second kappa shape index (κ2) is 8.59. The summed E-state index contributed by atoms with van der Waals surface area (Å²) in [6.07, 6.45) is 1.94. The number of nitriles is 1. The van der Waals surface area contributed by atoms with Gasteiger partial charge in [-0.25, -0.2) is 9.37 Å². The predicted molar refractivity (Wildman–Crippen MR) is 101 cm³/mol. The number of hydrogen-bond acceptors (Lipinski definition) is 4. The molecule has 0 aliphatic carbocycles. The highest BCUT2D eigenvalue weighted by molar-refractivity contribution is 5.94. The number of hydrogen-bond donors (Lipinski definition) is 2. The molecule has 0 fully saturated rings. The minimum atomic E-state index is -0.276. The SMILES string of the molecule is N#Cc1cccc(Nc2cc(C(=O)NCCc3ccccc3F)ccn2)c1. The molecule has 27 heavy (non-hydrogen) atoms. The van der Waals surface area contributed by atoms with Crippen molar-refractivity contribution in [3.8, 4) is 6.07 Å². The highest BCUT2D eigenvalue weighted by atomic mass is 19.1. The number of anilines is 2. The van der Waals surface area contributed by atoms with E-state index in [0.717, 1.165) is 0 Å². The van der Waals surface area contributed by atoms with E-state index < -0.39 is 0 Å². The van der Waals surface area contributed by atoms with Gasteiger partial charge in [0.2, 0.25) is 0 Å². The molecule has 0 saturated carbocycles. The van der Waals surface area contributed by atoms with E-state index in [0.29, 0.717) is 41.2 Å². The van der Waals surface area contributed by atoms with E-state index >= 15 is 0 Å². The fourth-order valence-electron chi connectivity index (χ4n) is 2.57. The van der Waals surface area contributed by atoms with Crippen LogP contribution in [-0.4, -0.2) is 17.4 Å². The Morgan fingerprint density at radius 3 is 2.78 bits per heavy atom. The molecule has 0 spiro atoms. The van der Waals surface area contributed by atoms with Crippen LogP contribution in [0.1, 0.15) is 21.5 Å². The molecule has 2 aromatic carbocycles. The average Bonchev–Trinajstić information content (AvgIpc) is 2.69. The van der Waals surface area contributed by atoms with Crippen molar-refractivity contribution in [3.05, 3.63) is 89.4 Å². The van der Waals surface area contributed by atoms with Crippen LogP contribution >= 0.6 is 0 Å². The summed E-state index contributed by atoms with van der Waals surface area (Å²) in [7, 11) is 0. The molecule has 6 heteroatoms. The van der Waals surface area contributed by atoms with Crippen LogP contribution in [0.15, 0.2) is 66.9 Å². The first kappa shape index (κ1) is 18.1. The zero-order valence-corrected chi connectivity index (χ0v) is 14.4. The van der Waals surface area contributed by atoms with Crippen molar-refractivity contribution in [1.29, 1.82) is 5.26 Å². The first-order valence-corrected chi connectivity index (χ1v) is 8.40. The molecule has 0 atom stereocenters. The van der Waals surface area contributed by atoms with E-state index in [4.69, 9.17) is 5.26 Å². The molecule has 0 aliphatic rings. The summed E-state index contributed by atoms with van der Waals surface area (Å²) in [4.78, 5) is 16.5. The van der Waals surface area contributed by atoms with Gasteiger partial charge in [-0.1, -0.05) is 24.3 Å². The Morgan fingerprint density at radius 1 is 1.11 bits per heavy atom. The Bertz CT molecular complexity index is 997. The smallest absolute Gasteiger partial charge is 0.251 e. The lowest BCUT2D eigenvalue weighted by Gasteiger charge is -2.09. The van der Waals surface area contributed by atoms with Crippen LogP contribution in [0, 0.1) is 17.1 Å². The van der Waals surface area contributed by atoms with Gasteiger partial charge in [-0.05, 0) is 48.4 Å². The Morgan fingerprint density at radius 2 is 1.96 bits per heavy atom. The van der Waals surface area contributed by atoms with Crippen molar-refractivity contribution in [2.24, 2.45) is 0 Å². The van der Waals surface area contributed by atoms with Crippen molar-refractivity contribution in [2.75, 3.05) is 11.9 Å². The number of benzene rings is 2. The van der Waals surface area contributed by atoms with E-state index in [1.165, 1.54) is 12.3 Å². The monoisotopic (exact) mass is 360 g/mol. The van der Waals surface area contributed by atoms with E-state index in [9.17, 15) is 9.18 Å². The van der Waals surface area contributed by atoms with E-state index in [-0.39, 0.29) is 11.7 Å². The van der Waals surface area contributed by atoms with Crippen molar-refractivity contribution in [3.63, 3.8) is 0 Å². The molecule has 5 nitrogen and oxygen atoms in total. The Balaban J connectivity index is 1.61. The first-order valence-electron chi connectivity index (χ1n) is 8.40. The highest BCUT2D eigenvalue weighted by Crippen LogP contribution is 2.16. The van der Waals surface area contributed by atoms with Crippen LogP contribution < -0.4 is 10.6 Å². The minimum Gasteiger partial charge on any atom is -0.352 e. The third kappa shape index (κ3) is 4.89. The molecule has 0 radical (unpaired) electrons. The van der Waals surface area contributed by atoms with Gasteiger partial charge in [0, 0.05) is 24.0 Å². The van der Waals surface area contributed by atoms with Crippen LogP contribution in [0.25, 0.3) is 0 Å². The van der Waals surface area contributed by atoms with Crippen LogP contribution in [0.4, 0.5) is 15.9 Å². The topological polar surface area (TPSA) is 77.8 Å². The van der Waals surface area contributed by atoms with Crippen LogP contribution in [-0.2, 0) is 6.42 Å². The summed E-state index contributed by atoms with van der Waals surface area (Å²) in [6.45, 7) is 0.328. The molecule has 3 rings (SSSR count). The van der Waals surface area contributed by atoms with Gasteiger partial charge < -0.3 is 10.6 Å². The van der Waals surface area contributed by atoms with Gasteiger partial charge in [0.15, 0.2) is 0 Å². The lowest BCUT2D eigenvalue weighted by molar-refractivity contribution is 0.0954. The standard InChI is InChI=1S/C21H17FN4O/c22-19-7-2-1-5-16(19)8-11-25-21(27)17-9-10-24-20(13-17)26-18-6-3-4-15(12-18)14-23/h1-7,9-10,12-13H,8,11H2,(H,24,26)(H,25,27). The number of nitrogens with one attached hydrogen (secondary N) is 2. The van der Waals surface area contributed by atoms with Gasteiger partial charge in [0.1, 0.15) is 11.6 Å². The Hall–Kier alpha value is -3.72. The lowest BCUT2D eigenvalue weighted by Crippen LogP contribution is -2.26. The third-order valence-electron chi connectivity index (χ3n) is 3.92. The summed E-state index contributed by atoms with van der Waals surface area (Å²) in [6, 6.07) is 18.8. The quantitative estimate of drug-likeness (QED) is 0.701. The normalized spacial score (nSPS) is 10.1. The molecule has 3 aromatic rings. The predicted octanol–water partition coefficient (Wildman–Crippen LogP) is 3.81. The van der Waals surface area contributed by atoms with Gasteiger partial charge in [-0.3, -0.25) is 4.79 Å². The van der Waals surface area contributed by atoms with Crippen molar-refractivity contribution >= 4 is 17.4 Å². The Labute approximate surface area is 156 Å². The minimum absolute atomic E-state index is 0.262. The number of nitrogens with zero attached hydrogens (tertiary/aromatic N) is 2. The molecule has 1 heterocycles. The maximum absolute atomic E-state index is 13.6. The molecule has 0 unspecified atom stereocenters. The summed E-state index contributed by atoms with van der Waals surface area (Å²) in [5, 5.41) is 14.8. The number of carbonyl (C=O) groups is 1. The first-order chi connectivity index (χ1) is 13.2. The molecule has 0 bridgehead atoms. The second-order valence-corrected chi connectivity index (χ2v) is 5.84. The van der Waals surface area contributed by atoms with Crippen molar-refractivity contribution in [2.45, 2.75) is 6.42 Å². The van der Waals surface area contributed by atoms with Crippen molar-refractivity contribution in [1.82, 2.24) is 10.3 Å². The molecule has 134 valence electrons. The molecule has 0 saturated heterocycles. The van der Waals surface area contributed by atoms with Crippen molar-refractivity contribution < 1.29 is 9.18 Å². The number of amides is 1. The molecular weight excluding hydrogens is 343 g/mol.